The molecule has 2 aromatic carbocycles. The number of fused-ring (bicyclic) bond motifs is 3. The smallest absolute Gasteiger partial charge is 0.344 e. The largest absolute Gasteiger partial charge is 0.482 e. The van der Waals surface area contributed by atoms with E-state index in [1.165, 1.54) is 0 Å². The van der Waals surface area contributed by atoms with Crippen LogP contribution in [0, 0.1) is 5.92 Å². The predicted octanol–water partition coefficient (Wildman–Crippen LogP) is 3.87. The van der Waals surface area contributed by atoms with Crippen LogP contribution in [0.3, 0.4) is 0 Å². The molecule has 0 unspecified atom stereocenters. The number of esters is 1. The average molecular weight is 455 g/mol. The highest BCUT2D eigenvalue weighted by Gasteiger charge is 2.17. The van der Waals surface area contributed by atoms with Gasteiger partial charge < -0.3 is 9.47 Å². The molecule has 8 nitrogen and oxygen atoms in total. The SMILES string of the molecule is CC(C)CCn1c(=O)c2ccccc2n2c(COC(=O)COc3ccc(Cl)cc3)nnc12. The summed E-state index contributed by atoms with van der Waals surface area (Å²) < 4.78 is 14.2. The van der Waals surface area contributed by atoms with E-state index in [-0.39, 0.29) is 18.8 Å². The first-order valence-electron chi connectivity index (χ1n) is 10.3. The molecule has 0 saturated carbocycles. The number of carbonyl (C=O) groups excluding carboxylic acids is 1. The van der Waals surface area contributed by atoms with Crippen LogP contribution in [-0.2, 0) is 22.7 Å². The van der Waals surface area contributed by atoms with Crippen LogP contribution in [-0.4, -0.2) is 31.7 Å². The van der Waals surface area contributed by atoms with Gasteiger partial charge in [-0.1, -0.05) is 37.6 Å². The lowest BCUT2D eigenvalue weighted by molar-refractivity contribution is -0.147. The molecule has 0 amide bonds. The van der Waals surface area contributed by atoms with Crippen molar-refractivity contribution in [3.8, 4) is 5.75 Å². The van der Waals surface area contributed by atoms with E-state index in [2.05, 4.69) is 24.0 Å². The van der Waals surface area contributed by atoms with E-state index >= 15 is 0 Å². The first-order valence-corrected chi connectivity index (χ1v) is 10.7. The molecule has 0 N–H and O–H groups in total. The zero-order valence-electron chi connectivity index (χ0n) is 17.8. The molecule has 9 heteroatoms. The van der Waals surface area contributed by atoms with Gasteiger partial charge in [0, 0.05) is 11.6 Å². The first-order chi connectivity index (χ1) is 15.4. The molecule has 32 heavy (non-hydrogen) atoms. The average Bonchev–Trinajstić information content (AvgIpc) is 3.21. The molecule has 0 spiro atoms. The second-order valence-electron chi connectivity index (χ2n) is 7.81. The zero-order valence-corrected chi connectivity index (χ0v) is 18.6. The van der Waals surface area contributed by atoms with E-state index in [1.54, 1.807) is 39.3 Å². The van der Waals surface area contributed by atoms with Crippen LogP contribution in [0.15, 0.2) is 53.3 Å². The number of para-hydroxylation sites is 1. The van der Waals surface area contributed by atoms with E-state index in [4.69, 9.17) is 21.1 Å². The Hall–Kier alpha value is -3.39. The standard InChI is InChI=1S/C23H23ClN4O4/c1-15(2)11-12-27-22(30)18-5-3-4-6-19(18)28-20(25-26-23(27)28)13-32-21(29)14-31-17-9-7-16(24)8-10-17/h3-10,15H,11-14H2,1-2H3. The van der Waals surface area contributed by atoms with Crippen molar-refractivity contribution < 1.29 is 14.3 Å². The third-order valence-corrected chi connectivity index (χ3v) is 5.29. The Bertz CT molecular complexity index is 1310. The number of rotatable bonds is 8. The Morgan fingerprint density at radius 1 is 1.09 bits per heavy atom. The number of halogens is 1. The van der Waals surface area contributed by atoms with E-state index in [9.17, 15) is 9.59 Å². The minimum Gasteiger partial charge on any atom is -0.482 e. The van der Waals surface area contributed by atoms with Gasteiger partial charge in [0.2, 0.25) is 5.78 Å². The number of carbonyl (C=O) groups is 1. The monoisotopic (exact) mass is 454 g/mol. The fourth-order valence-corrected chi connectivity index (χ4v) is 3.48. The lowest BCUT2D eigenvalue weighted by atomic mass is 10.1. The Labute approximate surface area is 189 Å². The van der Waals surface area contributed by atoms with E-state index < -0.39 is 5.97 Å². The van der Waals surface area contributed by atoms with Crippen LogP contribution in [0.1, 0.15) is 26.1 Å². The summed E-state index contributed by atoms with van der Waals surface area (Å²) in [5.41, 5.74) is 0.558. The molecule has 0 radical (unpaired) electrons. The molecule has 2 heterocycles. The summed E-state index contributed by atoms with van der Waals surface area (Å²) in [7, 11) is 0. The maximum Gasteiger partial charge on any atom is 0.344 e. The Balaban J connectivity index is 1.57. The van der Waals surface area contributed by atoms with E-state index in [0.29, 0.717) is 45.7 Å². The maximum absolute atomic E-state index is 13.0. The van der Waals surface area contributed by atoms with Gasteiger partial charge in [-0.3, -0.25) is 13.8 Å². The summed E-state index contributed by atoms with van der Waals surface area (Å²) in [4.78, 5) is 25.2. The number of hydrogen-bond donors (Lipinski definition) is 0. The molecule has 0 atom stereocenters. The van der Waals surface area contributed by atoms with Gasteiger partial charge in [0.25, 0.3) is 5.56 Å². The highest BCUT2D eigenvalue weighted by atomic mass is 35.5. The highest BCUT2D eigenvalue weighted by molar-refractivity contribution is 6.30. The molecule has 0 fully saturated rings. The molecular formula is C23H23ClN4O4. The van der Waals surface area contributed by atoms with Gasteiger partial charge in [0.05, 0.1) is 10.9 Å². The van der Waals surface area contributed by atoms with Gasteiger partial charge in [0.15, 0.2) is 19.0 Å². The van der Waals surface area contributed by atoms with Crippen molar-refractivity contribution in [2.75, 3.05) is 6.61 Å². The third kappa shape index (κ3) is 4.60. The molecule has 4 aromatic rings. The van der Waals surface area contributed by atoms with Gasteiger partial charge in [-0.05, 0) is 48.7 Å². The Morgan fingerprint density at radius 3 is 2.59 bits per heavy atom. The summed E-state index contributed by atoms with van der Waals surface area (Å²) in [6.45, 7) is 4.38. The van der Waals surface area contributed by atoms with Crippen molar-refractivity contribution in [2.45, 2.75) is 33.4 Å². The lowest BCUT2D eigenvalue weighted by Crippen LogP contribution is -2.24. The second kappa shape index (κ2) is 9.40. The predicted molar refractivity (Wildman–Crippen MR) is 121 cm³/mol. The summed E-state index contributed by atoms with van der Waals surface area (Å²) in [6, 6.07) is 14.0. The zero-order chi connectivity index (χ0) is 22.7. The number of aromatic nitrogens is 4. The van der Waals surface area contributed by atoms with Crippen molar-refractivity contribution >= 4 is 34.3 Å². The number of nitrogens with zero attached hydrogens (tertiary/aromatic N) is 4. The molecule has 2 aromatic heterocycles. The molecule has 0 bridgehead atoms. The van der Waals surface area contributed by atoms with Crippen LogP contribution < -0.4 is 10.3 Å². The number of ether oxygens (including phenoxy) is 2. The maximum atomic E-state index is 13.0. The van der Waals surface area contributed by atoms with Crippen LogP contribution in [0.25, 0.3) is 16.7 Å². The fraction of sp³-hybridized carbons (Fsp3) is 0.304. The first kappa shape index (κ1) is 21.8. The van der Waals surface area contributed by atoms with Crippen LogP contribution in [0.2, 0.25) is 5.02 Å². The van der Waals surface area contributed by atoms with Crippen molar-refractivity contribution in [3.63, 3.8) is 0 Å². The summed E-state index contributed by atoms with van der Waals surface area (Å²) in [6.07, 6.45) is 0.827. The third-order valence-electron chi connectivity index (χ3n) is 5.04. The summed E-state index contributed by atoms with van der Waals surface area (Å²) in [5, 5.41) is 9.56. The van der Waals surface area contributed by atoms with Crippen molar-refractivity contribution in [3.05, 3.63) is 69.7 Å². The lowest BCUT2D eigenvalue weighted by Gasteiger charge is -2.12. The number of hydrogen-bond acceptors (Lipinski definition) is 6. The number of benzene rings is 2. The van der Waals surface area contributed by atoms with Crippen molar-refractivity contribution in [2.24, 2.45) is 5.92 Å². The van der Waals surface area contributed by atoms with Gasteiger partial charge >= 0.3 is 5.97 Å². The minimum absolute atomic E-state index is 0.101. The molecule has 4 rings (SSSR count). The summed E-state index contributed by atoms with van der Waals surface area (Å²) >= 11 is 5.84. The van der Waals surface area contributed by atoms with Gasteiger partial charge in [0.1, 0.15) is 5.75 Å². The molecule has 0 aliphatic rings. The molecule has 0 aliphatic heterocycles. The van der Waals surface area contributed by atoms with Gasteiger partial charge in [-0.25, -0.2) is 4.79 Å². The number of aryl methyl sites for hydroxylation is 1. The Kier molecular flexibility index (Phi) is 6.41. The quantitative estimate of drug-likeness (QED) is 0.375. The molecule has 0 saturated heterocycles. The topological polar surface area (TPSA) is 87.7 Å². The van der Waals surface area contributed by atoms with Gasteiger partial charge in [-0.15, -0.1) is 10.2 Å². The molecular weight excluding hydrogens is 432 g/mol. The normalized spacial score (nSPS) is 11.4. The molecule has 0 aliphatic carbocycles. The minimum atomic E-state index is -0.547. The van der Waals surface area contributed by atoms with Crippen molar-refractivity contribution in [1.82, 2.24) is 19.2 Å². The van der Waals surface area contributed by atoms with E-state index in [0.717, 1.165) is 6.42 Å². The van der Waals surface area contributed by atoms with E-state index in [1.807, 2.05) is 18.2 Å². The fourth-order valence-electron chi connectivity index (χ4n) is 3.36. The highest BCUT2D eigenvalue weighted by Crippen LogP contribution is 2.17. The van der Waals surface area contributed by atoms with Crippen LogP contribution in [0.5, 0.6) is 5.75 Å². The molecule has 166 valence electrons. The second-order valence-corrected chi connectivity index (χ2v) is 8.25. The summed E-state index contributed by atoms with van der Waals surface area (Å²) in [5.74, 6) is 1.25. The van der Waals surface area contributed by atoms with Crippen LogP contribution >= 0.6 is 11.6 Å². The van der Waals surface area contributed by atoms with Gasteiger partial charge in [-0.2, -0.15) is 0 Å². The van der Waals surface area contributed by atoms with Crippen LogP contribution in [0.4, 0.5) is 0 Å². The Morgan fingerprint density at radius 2 is 1.84 bits per heavy atom. The van der Waals surface area contributed by atoms with Crippen molar-refractivity contribution in [1.29, 1.82) is 0 Å².